The van der Waals surface area contributed by atoms with Crippen molar-refractivity contribution in [2.24, 2.45) is 11.8 Å². The fraction of sp³-hybridized carbons (Fsp3) is 0.550. The van der Waals surface area contributed by atoms with E-state index in [1.54, 1.807) is 0 Å². The number of benzene rings is 1. The summed E-state index contributed by atoms with van der Waals surface area (Å²) in [5.74, 6) is 3.50. The topological polar surface area (TPSA) is 53.9 Å². The van der Waals surface area contributed by atoms with Gasteiger partial charge in [0.05, 0.1) is 0 Å². The molecular weight excluding hydrogens is 310 g/mol. The molecule has 1 aromatic carbocycles. The molecule has 0 amide bonds. The van der Waals surface area contributed by atoms with Gasteiger partial charge in [-0.15, -0.1) is 0 Å². The fourth-order valence-corrected chi connectivity index (χ4v) is 3.98. The number of aromatic nitrogens is 3. The van der Waals surface area contributed by atoms with Crippen LogP contribution < -0.4 is 10.2 Å². The van der Waals surface area contributed by atoms with E-state index in [2.05, 4.69) is 66.9 Å². The van der Waals surface area contributed by atoms with Gasteiger partial charge < -0.3 is 10.2 Å². The average Bonchev–Trinajstić information content (AvgIpc) is 2.49. The van der Waals surface area contributed by atoms with E-state index in [9.17, 15) is 0 Å². The van der Waals surface area contributed by atoms with Gasteiger partial charge in [0.2, 0.25) is 11.9 Å². The summed E-state index contributed by atoms with van der Waals surface area (Å²) in [6, 6.07) is 4.36. The van der Waals surface area contributed by atoms with Crippen molar-refractivity contribution in [1.82, 2.24) is 15.0 Å². The number of aryl methyl sites for hydroxylation is 4. The second-order valence-corrected chi connectivity index (χ2v) is 7.76. The zero-order valence-corrected chi connectivity index (χ0v) is 16.2. The molecule has 1 aromatic heterocycles. The molecule has 1 N–H and O–H groups in total. The summed E-state index contributed by atoms with van der Waals surface area (Å²) in [5, 5.41) is 3.42. The number of nitrogens with one attached hydrogen (secondary N) is 1. The van der Waals surface area contributed by atoms with Crippen molar-refractivity contribution in [1.29, 1.82) is 0 Å². The number of hydrogen-bond donors (Lipinski definition) is 1. The first-order valence-corrected chi connectivity index (χ1v) is 9.14. The van der Waals surface area contributed by atoms with E-state index >= 15 is 0 Å². The molecule has 1 aliphatic heterocycles. The molecule has 1 fully saturated rings. The Hall–Kier alpha value is -2.17. The van der Waals surface area contributed by atoms with Gasteiger partial charge in [-0.25, -0.2) is 0 Å². The van der Waals surface area contributed by atoms with Crippen LogP contribution in [-0.4, -0.2) is 28.0 Å². The molecule has 0 spiro atoms. The predicted molar refractivity (Wildman–Crippen MR) is 104 cm³/mol. The maximum Gasteiger partial charge on any atom is 0.232 e. The fourth-order valence-electron chi connectivity index (χ4n) is 3.98. The highest BCUT2D eigenvalue weighted by molar-refractivity contribution is 5.64. The van der Waals surface area contributed by atoms with Crippen LogP contribution in [-0.2, 0) is 0 Å². The van der Waals surface area contributed by atoms with Crippen LogP contribution in [0.25, 0.3) is 0 Å². The van der Waals surface area contributed by atoms with Gasteiger partial charge in [-0.2, -0.15) is 15.0 Å². The minimum absolute atomic E-state index is 0.628. The summed E-state index contributed by atoms with van der Waals surface area (Å²) in [4.78, 5) is 16.1. The van der Waals surface area contributed by atoms with E-state index in [4.69, 9.17) is 4.98 Å². The number of piperidine rings is 1. The summed E-state index contributed by atoms with van der Waals surface area (Å²) >= 11 is 0. The molecule has 5 heteroatoms. The largest absolute Gasteiger partial charge is 0.340 e. The van der Waals surface area contributed by atoms with E-state index in [1.165, 1.54) is 23.1 Å². The Kier molecular flexibility index (Phi) is 4.93. The molecule has 5 nitrogen and oxygen atoms in total. The van der Waals surface area contributed by atoms with Gasteiger partial charge in [-0.1, -0.05) is 31.5 Å². The summed E-state index contributed by atoms with van der Waals surface area (Å²) in [6.07, 6.45) is 1.27. The smallest absolute Gasteiger partial charge is 0.232 e. The SMILES string of the molecule is Cc1cc(C)c(Nc2nc(C)nc(N3CC(C)CC(C)C3)n2)c(C)c1. The van der Waals surface area contributed by atoms with Crippen LogP contribution >= 0.6 is 0 Å². The molecule has 3 rings (SSSR count). The predicted octanol–water partition coefficient (Wildman–Crippen LogP) is 4.33. The molecule has 134 valence electrons. The van der Waals surface area contributed by atoms with E-state index in [-0.39, 0.29) is 0 Å². The molecular formula is C20H29N5. The summed E-state index contributed by atoms with van der Waals surface area (Å²) in [7, 11) is 0. The van der Waals surface area contributed by atoms with Crippen LogP contribution in [0.1, 0.15) is 42.8 Å². The van der Waals surface area contributed by atoms with Gasteiger partial charge in [0.1, 0.15) is 5.82 Å². The number of hydrogen-bond acceptors (Lipinski definition) is 5. The van der Waals surface area contributed by atoms with E-state index in [1.807, 2.05) is 6.92 Å². The summed E-state index contributed by atoms with van der Waals surface area (Å²) in [5.41, 5.74) is 4.77. The first-order valence-electron chi connectivity index (χ1n) is 9.14. The van der Waals surface area contributed by atoms with E-state index in [0.717, 1.165) is 30.5 Å². The Morgan fingerprint density at radius 2 is 1.52 bits per heavy atom. The lowest BCUT2D eigenvalue weighted by atomic mass is 9.92. The zero-order valence-electron chi connectivity index (χ0n) is 16.2. The van der Waals surface area contributed by atoms with Crippen molar-refractivity contribution < 1.29 is 0 Å². The molecule has 25 heavy (non-hydrogen) atoms. The first-order chi connectivity index (χ1) is 11.8. The standard InChI is InChI=1S/C20H29N5/c1-12-8-15(4)18(16(5)9-12)23-19-21-17(6)22-20(24-19)25-10-13(2)7-14(3)11-25/h8-9,13-14H,7,10-11H2,1-6H3,(H,21,22,23,24). The Morgan fingerprint density at radius 3 is 2.12 bits per heavy atom. The van der Waals surface area contributed by atoms with Gasteiger partial charge in [0, 0.05) is 18.8 Å². The van der Waals surface area contributed by atoms with Gasteiger partial charge in [0.25, 0.3) is 0 Å². The molecule has 0 radical (unpaired) electrons. The Bertz CT molecular complexity index is 738. The third kappa shape index (κ3) is 4.09. The molecule has 2 atom stereocenters. The average molecular weight is 339 g/mol. The normalized spacial score (nSPS) is 20.6. The quantitative estimate of drug-likeness (QED) is 0.902. The molecule has 2 heterocycles. The maximum atomic E-state index is 4.72. The number of nitrogens with zero attached hydrogens (tertiary/aromatic N) is 4. The number of rotatable bonds is 3. The molecule has 1 aliphatic rings. The van der Waals surface area contributed by atoms with Crippen molar-refractivity contribution in [3.8, 4) is 0 Å². The highest BCUT2D eigenvalue weighted by atomic mass is 15.3. The minimum Gasteiger partial charge on any atom is -0.340 e. The molecule has 0 bridgehead atoms. The number of anilines is 3. The van der Waals surface area contributed by atoms with Crippen LogP contribution in [0.2, 0.25) is 0 Å². The molecule has 2 unspecified atom stereocenters. The highest BCUT2D eigenvalue weighted by Crippen LogP contribution is 2.27. The van der Waals surface area contributed by atoms with Crippen molar-refractivity contribution >= 4 is 17.6 Å². The van der Waals surface area contributed by atoms with Crippen LogP contribution in [0.5, 0.6) is 0 Å². The molecule has 2 aromatic rings. The lowest BCUT2D eigenvalue weighted by Gasteiger charge is -2.35. The maximum absolute atomic E-state index is 4.72. The van der Waals surface area contributed by atoms with Crippen LogP contribution in [0.4, 0.5) is 17.6 Å². The van der Waals surface area contributed by atoms with Gasteiger partial charge in [-0.05, 0) is 57.1 Å². The van der Waals surface area contributed by atoms with Crippen LogP contribution in [0.3, 0.4) is 0 Å². The Morgan fingerprint density at radius 1 is 0.920 bits per heavy atom. The van der Waals surface area contributed by atoms with Crippen molar-refractivity contribution in [2.45, 2.75) is 48.0 Å². The Labute approximate surface area is 150 Å². The van der Waals surface area contributed by atoms with E-state index < -0.39 is 0 Å². The van der Waals surface area contributed by atoms with Crippen molar-refractivity contribution in [3.63, 3.8) is 0 Å². The minimum atomic E-state index is 0.628. The lowest BCUT2D eigenvalue weighted by molar-refractivity contribution is 0.353. The van der Waals surface area contributed by atoms with Gasteiger partial charge in [0.15, 0.2) is 0 Å². The van der Waals surface area contributed by atoms with Crippen LogP contribution in [0, 0.1) is 39.5 Å². The van der Waals surface area contributed by atoms with Gasteiger partial charge in [-0.3, -0.25) is 0 Å². The first kappa shape index (κ1) is 17.6. The van der Waals surface area contributed by atoms with Gasteiger partial charge >= 0.3 is 0 Å². The monoisotopic (exact) mass is 339 g/mol. The van der Waals surface area contributed by atoms with Crippen molar-refractivity contribution in [2.75, 3.05) is 23.3 Å². The van der Waals surface area contributed by atoms with Crippen molar-refractivity contribution in [3.05, 3.63) is 34.6 Å². The third-order valence-corrected chi connectivity index (χ3v) is 4.80. The second-order valence-electron chi connectivity index (χ2n) is 7.76. The van der Waals surface area contributed by atoms with E-state index in [0.29, 0.717) is 17.8 Å². The summed E-state index contributed by atoms with van der Waals surface area (Å²) in [6.45, 7) is 14.9. The second kappa shape index (κ2) is 6.98. The third-order valence-electron chi connectivity index (χ3n) is 4.80. The summed E-state index contributed by atoms with van der Waals surface area (Å²) < 4.78 is 0. The highest BCUT2D eigenvalue weighted by Gasteiger charge is 2.24. The molecule has 0 aliphatic carbocycles. The molecule has 0 saturated carbocycles. The lowest BCUT2D eigenvalue weighted by Crippen LogP contribution is -2.39. The molecule has 1 saturated heterocycles. The Balaban J connectivity index is 1.90. The zero-order chi connectivity index (χ0) is 18.1. The van der Waals surface area contributed by atoms with Crippen LogP contribution in [0.15, 0.2) is 12.1 Å².